The summed E-state index contributed by atoms with van der Waals surface area (Å²) in [4.78, 5) is 12.0. The highest BCUT2D eigenvalue weighted by molar-refractivity contribution is 5.91. The molecule has 1 amide bonds. The third-order valence-electron chi connectivity index (χ3n) is 3.29. The number of nitrogens with zero attached hydrogens (tertiary/aromatic N) is 2. The van der Waals surface area contributed by atoms with Gasteiger partial charge in [-0.2, -0.15) is 5.10 Å². The van der Waals surface area contributed by atoms with Crippen LogP contribution in [0.4, 0.5) is 5.69 Å². The van der Waals surface area contributed by atoms with E-state index in [9.17, 15) is 4.79 Å². The molecule has 21 heavy (non-hydrogen) atoms. The van der Waals surface area contributed by atoms with Gasteiger partial charge in [-0.05, 0) is 37.1 Å². The Morgan fingerprint density at radius 2 is 2.05 bits per heavy atom. The monoisotopic (exact) mass is 286 g/mol. The van der Waals surface area contributed by atoms with Crippen LogP contribution in [0.5, 0.6) is 0 Å². The maximum absolute atomic E-state index is 12.0. The van der Waals surface area contributed by atoms with Crippen LogP contribution in [0.2, 0.25) is 0 Å². The van der Waals surface area contributed by atoms with E-state index in [0.29, 0.717) is 19.5 Å². The minimum atomic E-state index is 0.0555. The molecule has 2 aromatic rings. The molecule has 2 rings (SSSR count). The quantitative estimate of drug-likeness (QED) is 0.732. The molecule has 0 saturated carbocycles. The van der Waals surface area contributed by atoms with Gasteiger partial charge >= 0.3 is 0 Å². The number of hydrogen-bond donors (Lipinski definition) is 2. The summed E-state index contributed by atoms with van der Waals surface area (Å²) in [7, 11) is 0. The van der Waals surface area contributed by atoms with Gasteiger partial charge in [0.15, 0.2) is 0 Å². The lowest BCUT2D eigenvalue weighted by atomic mass is 10.1. The van der Waals surface area contributed by atoms with E-state index >= 15 is 0 Å². The number of carbonyl (C=O) groups is 1. The van der Waals surface area contributed by atoms with E-state index in [2.05, 4.69) is 10.4 Å². The first-order valence-electron chi connectivity index (χ1n) is 7.35. The number of carbonyl (C=O) groups excluding carboxylic acids is 1. The van der Waals surface area contributed by atoms with Gasteiger partial charge in [0.05, 0.1) is 6.54 Å². The molecule has 0 unspecified atom stereocenters. The summed E-state index contributed by atoms with van der Waals surface area (Å²) in [6.07, 6.45) is 7.05. The second-order valence-corrected chi connectivity index (χ2v) is 5.01. The first-order valence-corrected chi connectivity index (χ1v) is 7.35. The Balaban J connectivity index is 1.91. The molecule has 1 heterocycles. The number of nitrogens with two attached hydrogens (primary N) is 1. The molecule has 1 aromatic heterocycles. The van der Waals surface area contributed by atoms with Crippen LogP contribution in [-0.2, 0) is 11.3 Å². The lowest BCUT2D eigenvalue weighted by Crippen LogP contribution is -2.14. The summed E-state index contributed by atoms with van der Waals surface area (Å²) in [5.41, 5.74) is 7.35. The average molecular weight is 286 g/mol. The average Bonchev–Trinajstić information content (AvgIpc) is 2.99. The zero-order valence-electron chi connectivity index (χ0n) is 12.2. The molecule has 1 aromatic carbocycles. The van der Waals surface area contributed by atoms with E-state index in [-0.39, 0.29) is 5.91 Å². The van der Waals surface area contributed by atoms with Crippen molar-refractivity contribution in [3.8, 4) is 0 Å². The summed E-state index contributed by atoms with van der Waals surface area (Å²) >= 11 is 0. The third kappa shape index (κ3) is 5.04. The van der Waals surface area contributed by atoms with Crippen molar-refractivity contribution in [3.05, 3.63) is 48.3 Å². The summed E-state index contributed by atoms with van der Waals surface area (Å²) in [6.45, 7) is 1.34. The van der Waals surface area contributed by atoms with Gasteiger partial charge in [0.1, 0.15) is 0 Å². The molecule has 0 aliphatic rings. The lowest BCUT2D eigenvalue weighted by molar-refractivity contribution is -0.116. The van der Waals surface area contributed by atoms with Crippen molar-refractivity contribution >= 4 is 11.6 Å². The number of nitrogens with one attached hydrogen (secondary N) is 1. The number of amides is 1. The molecule has 0 radical (unpaired) electrons. The van der Waals surface area contributed by atoms with E-state index in [1.807, 2.05) is 41.2 Å². The van der Waals surface area contributed by atoms with Crippen molar-refractivity contribution < 1.29 is 4.79 Å². The molecule has 0 aliphatic carbocycles. The zero-order valence-corrected chi connectivity index (χ0v) is 12.2. The highest BCUT2D eigenvalue weighted by atomic mass is 16.1. The van der Waals surface area contributed by atoms with Crippen LogP contribution >= 0.6 is 0 Å². The molecule has 5 heteroatoms. The predicted molar refractivity (Wildman–Crippen MR) is 83.9 cm³/mol. The number of unbranched alkanes of at least 4 members (excludes halogenated alkanes) is 2. The number of para-hydroxylation sites is 1. The molecule has 0 fully saturated rings. The number of aromatic nitrogens is 2. The Morgan fingerprint density at radius 3 is 2.81 bits per heavy atom. The molecule has 0 aliphatic heterocycles. The summed E-state index contributed by atoms with van der Waals surface area (Å²) < 4.78 is 1.84. The van der Waals surface area contributed by atoms with E-state index in [4.69, 9.17) is 5.73 Å². The zero-order chi connectivity index (χ0) is 14.9. The maximum Gasteiger partial charge on any atom is 0.224 e. The molecule has 0 atom stereocenters. The van der Waals surface area contributed by atoms with Crippen molar-refractivity contribution in [1.29, 1.82) is 0 Å². The Kier molecular flexibility index (Phi) is 5.97. The largest absolute Gasteiger partial charge is 0.330 e. The topological polar surface area (TPSA) is 72.9 Å². The van der Waals surface area contributed by atoms with Gasteiger partial charge in [0.25, 0.3) is 0 Å². The van der Waals surface area contributed by atoms with Crippen LogP contribution in [0, 0.1) is 0 Å². The van der Waals surface area contributed by atoms with Gasteiger partial charge in [-0.25, -0.2) is 0 Å². The normalized spacial score (nSPS) is 10.5. The number of benzene rings is 1. The van der Waals surface area contributed by atoms with Crippen LogP contribution in [0.3, 0.4) is 0 Å². The fourth-order valence-electron chi connectivity index (χ4n) is 2.17. The fraction of sp³-hybridized carbons (Fsp3) is 0.375. The van der Waals surface area contributed by atoms with E-state index < -0.39 is 0 Å². The van der Waals surface area contributed by atoms with Crippen LogP contribution in [0.25, 0.3) is 0 Å². The summed E-state index contributed by atoms with van der Waals surface area (Å²) in [5, 5.41) is 7.18. The van der Waals surface area contributed by atoms with Crippen LogP contribution in [0.1, 0.15) is 31.2 Å². The van der Waals surface area contributed by atoms with Crippen LogP contribution < -0.4 is 11.1 Å². The predicted octanol–water partition coefficient (Wildman–Crippen LogP) is 2.39. The highest BCUT2D eigenvalue weighted by Crippen LogP contribution is 2.16. The molecule has 0 saturated heterocycles. The van der Waals surface area contributed by atoms with Crippen LogP contribution in [0.15, 0.2) is 42.7 Å². The van der Waals surface area contributed by atoms with Crippen molar-refractivity contribution in [2.24, 2.45) is 5.73 Å². The fourth-order valence-corrected chi connectivity index (χ4v) is 2.17. The first kappa shape index (κ1) is 15.3. The smallest absolute Gasteiger partial charge is 0.224 e. The third-order valence-corrected chi connectivity index (χ3v) is 3.29. The molecule has 112 valence electrons. The lowest BCUT2D eigenvalue weighted by Gasteiger charge is -2.11. The maximum atomic E-state index is 12.0. The molecular formula is C16H22N4O. The second kappa shape index (κ2) is 8.21. The Labute approximate surface area is 125 Å². The molecular weight excluding hydrogens is 264 g/mol. The highest BCUT2D eigenvalue weighted by Gasteiger charge is 2.07. The van der Waals surface area contributed by atoms with Crippen molar-refractivity contribution in [2.45, 2.75) is 32.2 Å². The number of rotatable bonds is 8. The number of anilines is 1. The van der Waals surface area contributed by atoms with Crippen molar-refractivity contribution in [1.82, 2.24) is 9.78 Å². The number of hydrogen-bond acceptors (Lipinski definition) is 3. The van der Waals surface area contributed by atoms with Crippen molar-refractivity contribution in [3.63, 3.8) is 0 Å². The minimum absolute atomic E-state index is 0.0555. The van der Waals surface area contributed by atoms with Gasteiger partial charge in [-0.3, -0.25) is 9.48 Å². The Hall–Kier alpha value is -2.14. The van der Waals surface area contributed by atoms with E-state index in [1.54, 1.807) is 6.20 Å². The molecule has 3 N–H and O–H groups in total. The van der Waals surface area contributed by atoms with Gasteiger partial charge in [0, 0.05) is 24.5 Å². The molecule has 5 nitrogen and oxygen atoms in total. The van der Waals surface area contributed by atoms with Gasteiger partial charge in [-0.1, -0.05) is 24.6 Å². The van der Waals surface area contributed by atoms with Crippen LogP contribution in [-0.4, -0.2) is 22.2 Å². The summed E-state index contributed by atoms with van der Waals surface area (Å²) in [5.74, 6) is 0.0555. The Morgan fingerprint density at radius 1 is 1.19 bits per heavy atom. The molecule has 0 bridgehead atoms. The minimum Gasteiger partial charge on any atom is -0.330 e. The van der Waals surface area contributed by atoms with Gasteiger partial charge < -0.3 is 11.1 Å². The van der Waals surface area contributed by atoms with E-state index in [0.717, 1.165) is 30.5 Å². The van der Waals surface area contributed by atoms with Gasteiger partial charge in [0.2, 0.25) is 5.91 Å². The standard InChI is InChI=1S/C16H22N4O/c17-10-5-1-2-9-16(21)19-15-8-4-3-7-14(15)13-20-12-6-11-18-20/h3-4,6-8,11-12H,1-2,5,9-10,13,17H2,(H,19,21). The first-order chi connectivity index (χ1) is 10.3. The SMILES string of the molecule is NCCCCCC(=O)Nc1ccccc1Cn1cccn1. The van der Waals surface area contributed by atoms with Crippen molar-refractivity contribution in [2.75, 3.05) is 11.9 Å². The summed E-state index contributed by atoms with van der Waals surface area (Å²) in [6, 6.07) is 9.72. The van der Waals surface area contributed by atoms with E-state index in [1.165, 1.54) is 0 Å². The Bertz CT molecular complexity index is 551. The van der Waals surface area contributed by atoms with Gasteiger partial charge in [-0.15, -0.1) is 0 Å². The second-order valence-electron chi connectivity index (χ2n) is 5.01. The molecule has 0 spiro atoms.